The van der Waals surface area contributed by atoms with Gasteiger partial charge in [0.25, 0.3) is 0 Å². The fourth-order valence-electron chi connectivity index (χ4n) is 2.78. The topological polar surface area (TPSA) is 79.8 Å². The Hall–Kier alpha value is -3.32. The lowest BCUT2D eigenvalue weighted by molar-refractivity contribution is 0.252. The van der Waals surface area contributed by atoms with Crippen LogP contribution in [0.15, 0.2) is 60.9 Å². The van der Waals surface area contributed by atoms with Crippen molar-refractivity contribution in [2.75, 3.05) is 11.9 Å². The monoisotopic (exact) mass is 375 g/mol. The van der Waals surface area contributed by atoms with E-state index in [1.165, 1.54) is 11.3 Å². The molecule has 6 nitrogen and oxygen atoms in total. The number of amides is 2. The molecule has 3 heterocycles. The second-order valence-corrected chi connectivity index (χ2v) is 6.83. The van der Waals surface area contributed by atoms with E-state index in [9.17, 15) is 4.79 Å². The van der Waals surface area contributed by atoms with Crippen LogP contribution in [0.2, 0.25) is 0 Å². The molecule has 0 saturated heterocycles. The Balaban J connectivity index is 1.86. The molecule has 0 unspecified atom stereocenters. The maximum Gasteiger partial charge on any atom is 0.321 e. The second-order valence-electron chi connectivity index (χ2n) is 5.80. The molecule has 27 heavy (non-hydrogen) atoms. The molecule has 0 radical (unpaired) electrons. The van der Waals surface area contributed by atoms with E-state index < -0.39 is 0 Å². The maximum atomic E-state index is 11.9. The van der Waals surface area contributed by atoms with E-state index in [0.29, 0.717) is 11.7 Å². The minimum atomic E-state index is -0.263. The van der Waals surface area contributed by atoms with Gasteiger partial charge in [-0.3, -0.25) is 15.3 Å². The first-order valence-corrected chi connectivity index (χ1v) is 9.38. The molecule has 7 heteroatoms. The first kappa shape index (κ1) is 17.1. The van der Waals surface area contributed by atoms with Gasteiger partial charge in [0.15, 0.2) is 5.13 Å². The number of nitrogens with zero attached hydrogens (tertiary/aromatic N) is 3. The van der Waals surface area contributed by atoms with Crippen molar-refractivity contribution in [1.29, 1.82) is 0 Å². The van der Waals surface area contributed by atoms with Crippen molar-refractivity contribution in [3.8, 4) is 22.5 Å². The summed E-state index contributed by atoms with van der Waals surface area (Å²) in [5, 5.41) is 6.06. The molecule has 0 bridgehead atoms. The van der Waals surface area contributed by atoms with Gasteiger partial charge in [-0.1, -0.05) is 23.5 Å². The summed E-state index contributed by atoms with van der Waals surface area (Å²) in [7, 11) is 0. The fourth-order valence-corrected chi connectivity index (χ4v) is 3.71. The predicted molar refractivity (Wildman–Crippen MR) is 109 cm³/mol. The molecule has 134 valence electrons. The first-order valence-electron chi connectivity index (χ1n) is 8.57. The summed E-state index contributed by atoms with van der Waals surface area (Å²) < 4.78 is 0.964. The van der Waals surface area contributed by atoms with Gasteiger partial charge >= 0.3 is 6.03 Å². The summed E-state index contributed by atoms with van der Waals surface area (Å²) in [6, 6.07) is 15.4. The van der Waals surface area contributed by atoms with Gasteiger partial charge in [0.2, 0.25) is 0 Å². The highest BCUT2D eigenvalue weighted by Crippen LogP contribution is 2.36. The predicted octanol–water partition coefficient (Wildman–Crippen LogP) is 4.56. The summed E-state index contributed by atoms with van der Waals surface area (Å²) in [4.78, 5) is 25.4. The molecule has 4 aromatic rings. The fraction of sp³-hybridized carbons (Fsp3) is 0.100. The third kappa shape index (κ3) is 3.63. The number of carbonyl (C=O) groups excluding carboxylic acids is 1. The molecule has 0 aliphatic carbocycles. The van der Waals surface area contributed by atoms with Crippen molar-refractivity contribution < 1.29 is 4.79 Å². The molecule has 1 aromatic carbocycles. The molecule has 4 rings (SSSR count). The zero-order valence-electron chi connectivity index (χ0n) is 14.6. The summed E-state index contributed by atoms with van der Waals surface area (Å²) in [5.74, 6) is 0. The molecule has 0 aliphatic rings. The highest BCUT2D eigenvalue weighted by molar-refractivity contribution is 7.22. The van der Waals surface area contributed by atoms with E-state index in [1.807, 2.05) is 55.5 Å². The van der Waals surface area contributed by atoms with Gasteiger partial charge in [-0.2, -0.15) is 0 Å². The van der Waals surface area contributed by atoms with Crippen molar-refractivity contribution in [3.63, 3.8) is 0 Å². The molecule has 3 aromatic heterocycles. The zero-order chi connectivity index (χ0) is 18.6. The normalized spacial score (nSPS) is 10.7. The summed E-state index contributed by atoms with van der Waals surface area (Å²) in [5.41, 5.74) is 4.41. The Morgan fingerprint density at radius 1 is 1.04 bits per heavy atom. The number of thiazole rings is 1. The third-order valence-electron chi connectivity index (χ3n) is 3.95. The minimum absolute atomic E-state index is 0.263. The number of nitrogens with one attached hydrogen (secondary N) is 2. The number of aromatic nitrogens is 3. The lowest BCUT2D eigenvalue weighted by Crippen LogP contribution is -2.28. The highest BCUT2D eigenvalue weighted by Gasteiger charge is 2.15. The van der Waals surface area contributed by atoms with E-state index in [0.717, 1.165) is 32.7 Å². The van der Waals surface area contributed by atoms with Gasteiger partial charge in [-0.15, -0.1) is 0 Å². The van der Waals surface area contributed by atoms with Crippen molar-refractivity contribution in [2.24, 2.45) is 0 Å². The van der Waals surface area contributed by atoms with Crippen LogP contribution in [0.3, 0.4) is 0 Å². The van der Waals surface area contributed by atoms with Gasteiger partial charge in [0.1, 0.15) is 0 Å². The minimum Gasteiger partial charge on any atom is -0.338 e. The van der Waals surface area contributed by atoms with Gasteiger partial charge in [0, 0.05) is 30.1 Å². The number of fused-ring (bicyclic) bond motifs is 1. The summed E-state index contributed by atoms with van der Waals surface area (Å²) in [6.45, 7) is 2.43. The largest absolute Gasteiger partial charge is 0.338 e. The molecule has 0 aliphatic heterocycles. The average molecular weight is 375 g/mol. The Bertz CT molecular complexity index is 1080. The molecule has 0 atom stereocenters. The van der Waals surface area contributed by atoms with E-state index in [4.69, 9.17) is 0 Å². The SMILES string of the molecule is CCNC(=O)Nc1nc2c(-c3ccccn3)cc(-c3ccccn3)cc2s1. The lowest BCUT2D eigenvalue weighted by Gasteiger charge is -2.06. The van der Waals surface area contributed by atoms with Gasteiger partial charge < -0.3 is 5.32 Å². The number of pyridine rings is 2. The lowest BCUT2D eigenvalue weighted by atomic mass is 10.0. The van der Waals surface area contributed by atoms with E-state index in [-0.39, 0.29) is 6.03 Å². The van der Waals surface area contributed by atoms with E-state index >= 15 is 0 Å². The summed E-state index contributed by atoms with van der Waals surface area (Å²) >= 11 is 1.43. The number of hydrogen-bond donors (Lipinski definition) is 2. The van der Waals surface area contributed by atoms with E-state index in [1.54, 1.807) is 12.4 Å². The maximum absolute atomic E-state index is 11.9. The Labute approximate surface area is 160 Å². The molecular weight excluding hydrogens is 358 g/mol. The number of benzene rings is 1. The number of carbonyl (C=O) groups is 1. The van der Waals surface area contributed by atoms with Crippen LogP contribution in [0.5, 0.6) is 0 Å². The number of urea groups is 1. The van der Waals surface area contributed by atoms with Crippen LogP contribution in [0.1, 0.15) is 6.92 Å². The van der Waals surface area contributed by atoms with Crippen LogP contribution in [-0.2, 0) is 0 Å². The average Bonchev–Trinajstić information content (AvgIpc) is 3.11. The second kappa shape index (κ2) is 7.51. The van der Waals surface area contributed by atoms with Crippen LogP contribution in [0.25, 0.3) is 32.7 Å². The highest BCUT2D eigenvalue weighted by atomic mass is 32.1. The van der Waals surface area contributed by atoms with Gasteiger partial charge in [-0.05, 0) is 43.3 Å². The number of anilines is 1. The molecule has 0 spiro atoms. The van der Waals surface area contributed by atoms with Crippen molar-refractivity contribution in [2.45, 2.75) is 6.92 Å². The van der Waals surface area contributed by atoms with Gasteiger partial charge in [0.05, 0.1) is 21.6 Å². The summed E-state index contributed by atoms with van der Waals surface area (Å²) in [6.07, 6.45) is 3.53. The Morgan fingerprint density at radius 2 is 1.78 bits per heavy atom. The van der Waals surface area contributed by atoms with Crippen molar-refractivity contribution in [1.82, 2.24) is 20.3 Å². The molecule has 0 fully saturated rings. The molecule has 2 N–H and O–H groups in total. The Morgan fingerprint density at radius 3 is 2.44 bits per heavy atom. The molecular formula is C20H17N5OS. The van der Waals surface area contributed by atoms with E-state index in [2.05, 4.69) is 25.6 Å². The zero-order valence-corrected chi connectivity index (χ0v) is 15.5. The molecule has 0 saturated carbocycles. The third-order valence-corrected chi connectivity index (χ3v) is 4.87. The van der Waals surface area contributed by atoms with Crippen LogP contribution in [0.4, 0.5) is 9.93 Å². The van der Waals surface area contributed by atoms with Crippen molar-refractivity contribution >= 4 is 32.7 Å². The standard InChI is InChI=1S/C20H17N5OS/c1-2-21-19(26)25-20-24-18-14(16-8-4-6-10-23-16)11-13(12-17(18)27-20)15-7-3-5-9-22-15/h3-12H,2H2,1H3,(H2,21,24,25,26). The number of rotatable bonds is 4. The van der Waals surface area contributed by atoms with Crippen LogP contribution < -0.4 is 10.6 Å². The van der Waals surface area contributed by atoms with Crippen LogP contribution in [-0.4, -0.2) is 27.5 Å². The van der Waals surface area contributed by atoms with Gasteiger partial charge in [-0.25, -0.2) is 9.78 Å². The Kier molecular flexibility index (Phi) is 4.76. The van der Waals surface area contributed by atoms with Crippen LogP contribution >= 0.6 is 11.3 Å². The molecule has 2 amide bonds. The number of hydrogen-bond acceptors (Lipinski definition) is 5. The van der Waals surface area contributed by atoms with Crippen LogP contribution in [0, 0.1) is 0 Å². The van der Waals surface area contributed by atoms with Crippen molar-refractivity contribution in [3.05, 3.63) is 60.9 Å². The quantitative estimate of drug-likeness (QED) is 0.548. The first-order chi connectivity index (χ1) is 13.2. The smallest absolute Gasteiger partial charge is 0.321 e.